The van der Waals surface area contributed by atoms with Gasteiger partial charge in [0.1, 0.15) is 0 Å². The number of ether oxygens (including phenoxy) is 2. The molecule has 0 bridgehead atoms. The smallest absolute Gasteiger partial charge is 0.224 e. The molecule has 0 aliphatic carbocycles. The van der Waals surface area contributed by atoms with Crippen LogP contribution in [0, 0.1) is 0 Å². The lowest BCUT2D eigenvalue weighted by molar-refractivity contribution is -0.116. The average Bonchev–Trinajstić information content (AvgIpc) is 2.55. The van der Waals surface area contributed by atoms with E-state index >= 15 is 0 Å². The van der Waals surface area contributed by atoms with Gasteiger partial charge in [-0.05, 0) is 36.2 Å². The lowest BCUT2D eigenvalue weighted by Crippen LogP contribution is -2.13. The molecule has 0 aliphatic rings. The Morgan fingerprint density at radius 1 is 1.00 bits per heavy atom. The number of benzene rings is 2. The van der Waals surface area contributed by atoms with Crippen molar-refractivity contribution >= 4 is 46.4 Å². The van der Waals surface area contributed by atoms with E-state index in [1.54, 1.807) is 20.3 Å². The molecule has 2 rings (SSSR count). The second-order valence-corrected chi connectivity index (χ2v) is 6.23. The molecule has 7 heteroatoms. The van der Waals surface area contributed by atoms with Crippen molar-refractivity contribution in [3.63, 3.8) is 0 Å². The Bertz CT molecular complexity index is 727. The predicted octanol–water partition coefficient (Wildman–Crippen LogP) is 5.24. The van der Waals surface area contributed by atoms with Crippen molar-refractivity contribution in [3.8, 4) is 11.5 Å². The molecule has 0 aromatic heterocycles. The van der Waals surface area contributed by atoms with Gasteiger partial charge in [-0.3, -0.25) is 4.79 Å². The maximum Gasteiger partial charge on any atom is 0.224 e. The van der Waals surface area contributed by atoms with Crippen LogP contribution in [0.3, 0.4) is 0 Å². The summed E-state index contributed by atoms with van der Waals surface area (Å²) in [6.07, 6.45) is 0.805. The monoisotopic (exact) mass is 387 g/mol. The average molecular weight is 389 g/mol. The Hall–Kier alpha value is -1.62. The molecule has 2 aromatic rings. The Balaban J connectivity index is 2.01. The van der Waals surface area contributed by atoms with Crippen molar-refractivity contribution in [2.24, 2.45) is 0 Å². The normalized spacial score (nSPS) is 10.4. The Morgan fingerprint density at radius 2 is 1.62 bits per heavy atom. The highest BCUT2D eigenvalue weighted by Crippen LogP contribution is 2.34. The number of anilines is 1. The van der Waals surface area contributed by atoms with Crippen molar-refractivity contribution in [1.29, 1.82) is 0 Å². The number of carbonyl (C=O) groups excluding carboxylic acids is 1. The van der Waals surface area contributed by atoms with Crippen LogP contribution in [0.25, 0.3) is 0 Å². The first-order valence-electron chi connectivity index (χ1n) is 7.10. The van der Waals surface area contributed by atoms with Gasteiger partial charge >= 0.3 is 0 Å². The van der Waals surface area contributed by atoms with Gasteiger partial charge in [-0.15, -0.1) is 0 Å². The van der Waals surface area contributed by atoms with E-state index in [-0.39, 0.29) is 12.3 Å². The van der Waals surface area contributed by atoms with Crippen LogP contribution < -0.4 is 14.8 Å². The highest BCUT2D eigenvalue weighted by molar-refractivity contribution is 6.42. The van der Waals surface area contributed by atoms with Gasteiger partial charge in [0.15, 0.2) is 11.5 Å². The number of rotatable bonds is 6. The fourth-order valence-electron chi connectivity index (χ4n) is 2.16. The molecule has 0 spiro atoms. The summed E-state index contributed by atoms with van der Waals surface area (Å²) in [4.78, 5) is 12.1. The molecule has 4 nitrogen and oxygen atoms in total. The van der Waals surface area contributed by atoms with E-state index in [2.05, 4.69) is 5.32 Å². The van der Waals surface area contributed by atoms with Gasteiger partial charge in [0.25, 0.3) is 0 Å². The first-order chi connectivity index (χ1) is 11.4. The zero-order valence-corrected chi connectivity index (χ0v) is 15.4. The van der Waals surface area contributed by atoms with E-state index in [0.29, 0.717) is 38.7 Å². The topological polar surface area (TPSA) is 47.6 Å². The minimum atomic E-state index is -0.198. The molecule has 1 amide bonds. The van der Waals surface area contributed by atoms with Gasteiger partial charge in [0, 0.05) is 11.4 Å². The van der Waals surface area contributed by atoms with Gasteiger partial charge < -0.3 is 14.8 Å². The van der Waals surface area contributed by atoms with Crippen molar-refractivity contribution in [2.75, 3.05) is 19.5 Å². The molecule has 0 saturated heterocycles. The molecule has 24 heavy (non-hydrogen) atoms. The van der Waals surface area contributed by atoms with Crippen LogP contribution in [0.2, 0.25) is 15.1 Å². The number of amides is 1. The molecule has 0 atom stereocenters. The summed E-state index contributed by atoms with van der Waals surface area (Å²) in [6, 6.07) is 8.59. The minimum absolute atomic E-state index is 0.198. The minimum Gasteiger partial charge on any atom is -0.493 e. The maximum absolute atomic E-state index is 12.1. The number of carbonyl (C=O) groups is 1. The Labute approximate surface area is 155 Å². The van der Waals surface area contributed by atoms with Crippen molar-refractivity contribution in [2.45, 2.75) is 12.8 Å². The van der Waals surface area contributed by atoms with E-state index in [4.69, 9.17) is 44.3 Å². The molecule has 0 heterocycles. The third kappa shape index (κ3) is 4.69. The molecular weight excluding hydrogens is 373 g/mol. The number of nitrogens with one attached hydrogen (secondary N) is 1. The molecule has 0 radical (unpaired) electrons. The molecular formula is C17H16Cl3NO3. The van der Waals surface area contributed by atoms with Gasteiger partial charge in [0.2, 0.25) is 5.91 Å². The summed E-state index contributed by atoms with van der Waals surface area (Å²) in [5.41, 5.74) is 1.32. The van der Waals surface area contributed by atoms with E-state index in [1.807, 2.05) is 12.1 Å². The SMILES string of the molecule is COc1ccc(CCC(=O)Nc2c(Cl)cc(Cl)cc2Cl)cc1OC. The number of methoxy groups -OCH3 is 2. The molecule has 2 aromatic carbocycles. The highest BCUT2D eigenvalue weighted by Gasteiger charge is 2.12. The third-order valence-electron chi connectivity index (χ3n) is 3.36. The standard InChI is InChI=1S/C17H16Cl3NO3/c1-23-14-5-3-10(7-15(14)24-2)4-6-16(22)21-17-12(19)8-11(18)9-13(17)20/h3,5,7-9H,4,6H2,1-2H3,(H,21,22). The van der Waals surface area contributed by atoms with Crippen molar-refractivity contribution < 1.29 is 14.3 Å². The first-order valence-corrected chi connectivity index (χ1v) is 8.23. The lowest BCUT2D eigenvalue weighted by Gasteiger charge is -2.11. The highest BCUT2D eigenvalue weighted by atomic mass is 35.5. The summed E-state index contributed by atoms with van der Waals surface area (Å²) >= 11 is 18.0. The molecule has 0 aliphatic heterocycles. The fourth-order valence-corrected chi connectivity index (χ4v) is 3.07. The van der Waals surface area contributed by atoms with Crippen molar-refractivity contribution in [3.05, 3.63) is 51.0 Å². The largest absolute Gasteiger partial charge is 0.493 e. The van der Waals surface area contributed by atoms with Crippen LogP contribution in [-0.4, -0.2) is 20.1 Å². The van der Waals surface area contributed by atoms with Gasteiger partial charge in [-0.2, -0.15) is 0 Å². The van der Waals surface area contributed by atoms with E-state index in [9.17, 15) is 4.79 Å². The molecule has 0 fully saturated rings. The van der Waals surface area contributed by atoms with E-state index < -0.39 is 0 Å². The van der Waals surface area contributed by atoms with Crippen LogP contribution in [0.15, 0.2) is 30.3 Å². The van der Waals surface area contributed by atoms with Crippen LogP contribution in [-0.2, 0) is 11.2 Å². The molecule has 128 valence electrons. The summed E-state index contributed by atoms with van der Waals surface area (Å²) in [5.74, 6) is 1.07. The number of halogens is 3. The van der Waals surface area contributed by atoms with Crippen LogP contribution in [0.4, 0.5) is 5.69 Å². The predicted molar refractivity (Wildman–Crippen MR) is 98.0 cm³/mol. The zero-order chi connectivity index (χ0) is 17.7. The fraction of sp³-hybridized carbons (Fsp3) is 0.235. The second kappa shape index (κ2) is 8.47. The maximum atomic E-state index is 12.1. The summed E-state index contributed by atoms with van der Waals surface area (Å²) in [7, 11) is 3.14. The number of hydrogen-bond acceptors (Lipinski definition) is 3. The van der Waals surface area contributed by atoms with Crippen LogP contribution >= 0.6 is 34.8 Å². The molecule has 0 unspecified atom stereocenters. The second-order valence-electron chi connectivity index (χ2n) is 4.98. The van der Waals surface area contributed by atoms with E-state index in [1.165, 1.54) is 12.1 Å². The Kier molecular flexibility index (Phi) is 6.60. The number of aryl methyl sites for hydroxylation is 1. The molecule has 0 saturated carbocycles. The van der Waals surface area contributed by atoms with Crippen LogP contribution in [0.1, 0.15) is 12.0 Å². The third-order valence-corrected chi connectivity index (χ3v) is 4.17. The summed E-state index contributed by atoms with van der Waals surface area (Å²) < 4.78 is 10.4. The lowest BCUT2D eigenvalue weighted by atomic mass is 10.1. The number of hydrogen-bond donors (Lipinski definition) is 1. The summed E-state index contributed by atoms with van der Waals surface area (Å²) in [5, 5.41) is 3.72. The van der Waals surface area contributed by atoms with Gasteiger partial charge in [-0.25, -0.2) is 0 Å². The molecule has 1 N–H and O–H groups in total. The van der Waals surface area contributed by atoms with E-state index in [0.717, 1.165) is 5.56 Å². The van der Waals surface area contributed by atoms with Crippen molar-refractivity contribution in [1.82, 2.24) is 0 Å². The zero-order valence-electron chi connectivity index (χ0n) is 13.2. The van der Waals surface area contributed by atoms with Gasteiger partial charge in [0.05, 0.1) is 30.0 Å². The van der Waals surface area contributed by atoms with Crippen LogP contribution in [0.5, 0.6) is 11.5 Å². The summed E-state index contributed by atoms with van der Waals surface area (Å²) in [6.45, 7) is 0. The Morgan fingerprint density at radius 3 is 2.21 bits per heavy atom. The quantitative estimate of drug-likeness (QED) is 0.736. The first kappa shape index (κ1) is 18.7. The van der Waals surface area contributed by atoms with Gasteiger partial charge in [-0.1, -0.05) is 40.9 Å².